The Morgan fingerprint density at radius 3 is 2.92 bits per heavy atom. The van der Waals surface area contributed by atoms with Gasteiger partial charge in [-0.2, -0.15) is 0 Å². The molecular formula is C8H12N2O2. The molecule has 0 aliphatic carbocycles. The first kappa shape index (κ1) is 8.77. The summed E-state index contributed by atoms with van der Waals surface area (Å²) in [4.78, 5) is 14.5. The van der Waals surface area contributed by atoms with Crippen molar-refractivity contribution in [1.82, 2.24) is 9.55 Å². The first-order valence-electron chi connectivity index (χ1n) is 3.82. The predicted octanol–water partition coefficient (Wildman–Crippen LogP) is 0.912. The summed E-state index contributed by atoms with van der Waals surface area (Å²) in [5, 5.41) is 8.64. The van der Waals surface area contributed by atoms with Crippen LogP contribution in [0.25, 0.3) is 0 Å². The molecule has 1 atom stereocenters. The highest BCUT2D eigenvalue weighted by atomic mass is 16.4. The van der Waals surface area contributed by atoms with Gasteiger partial charge in [0, 0.05) is 18.9 Å². The molecule has 0 aliphatic rings. The Labute approximate surface area is 70.9 Å². The van der Waals surface area contributed by atoms with Crippen LogP contribution in [0.1, 0.15) is 12.7 Å². The van der Waals surface area contributed by atoms with Crippen LogP contribution in [0.15, 0.2) is 12.4 Å². The number of carboxylic acid groups (broad SMARTS) is 1. The average Bonchev–Trinajstić information content (AvgIpc) is 2.36. The Kier molecular flexibility index (Phi) is 2.47. The molecule has 0 saturated carbocycles. The number of hydrogen-bond acceptors (Lipinski definition) is 2. The molecule has 1 unspecified atom stereocenters. The summed E-state index contributed by atoms with van der Waals surface area (Å²) in [5.74, 6) is -0.288. The fourth-order valence-electron chi connectivity index (χ4n) is 0.970. The fourth-order valence-corrected chi connectivity index (χ4v) is 0.970. The zero-order valence-electron chi connectivity index (χ0n) is 7.19. The molecule has 0 aromatic carbocycles. The minimum atomic E-state index is -0.775. The summed E-state index contributed by atoms with van der Waals surface area (Å²) >= 11 is 0. The SMILES string of the molecule is Cc1nccn1CC(C)C(=O)O. The maximum atomic E-state index is 10.5. The highest BCUT2D eigenvalue weighted by Crippen LogP contribution is 2.03. The van der Waals surface area contributed by atoms with Crippen LogP contribution in [-0.2, 0) is 11.3 Å². The average molecular weight is 168 g/mol. The monoisotopic (exact) mass is 168 g/mol. The van der Waals surface area contributed by atoms with Gasteiger partial charge in [-0.1, -0.05) is 6.92 Å². The fraction of sp³-hybridized carbons (Fsp3) is 0.500. The second-order valence-electron chi connectivity index (χ2n) is 2.87. The molecule has 0 spiro atoms. The van der Waals surface area contributed by atoms with Gasteiger partial charge in [-0.15, -0.1) is 0 Å². The van der Waals surface area contributed by atoms with Crippen LogP contribution in [0.2, 0.25) is 0 Å². The number of aliphatic carboxylic acids is 1. The van der Waals surface area contributed by atoms with E-state index in [0.29, 0.717) is 6.54 Å². The van der Waals surface area contributed by atoms with Crippen LogP contribution in [0.4, 0.5) is 0 Å². The second kappa shape index (κ2) is 3.38. The van der Waals surface area contributed by atoms with Crippen molar-refractivity contribution in [1.29, 1.82) is 0 Å². The molecule has 1 aromatic heterocycles. The number of hydrogen-bond donors (Lipinski definition) is 1. The van der Waals surface area contributed by atoms with Crippen molar-refractivity contribution in [2.24, 2.45) is 5.92 Å². The Bertz CT molecular complexity index is 280. The number of rotatable bonds is 3. The molecule has 1 rings (SSSR count). The highest BCUT2D eigenvalue weighted by molar-refractivity contribution is 5.69. The maximum Gasteiger partial charge on any atom is 0.308 e. The zero-order valence-corrected chi connectivity index (χ0v) is 7.19. The van der Waals surface area contributed by atoms with Crippen LogP contribution in [0.3, 0.4) is 0 Å². The normalized spacial score (nSPS) is 12.8. The van der Waals surface area contributed by atoms with Gasteiger partial charge in [0.2, 0.25) is 0 Å². The lowest BCUT2D eigenvalue weighted by molar-refractivity contribution is -0.141. The third-order valence-electron chi connectivity index (χ3n) is 1.82. The van der Waals surface area contributed by atoms with Gasteiger partial charge in [0.25, 0.3) is 0 Å². The van der Waals surface area contributed by atoms with E-state index >= 15 is 0 Å². The van der Waals surface area contributed by atoms with Crippen molar-refractivity contribution in [3.05, 3.63) is 18.2 Å². The molecule has 0 amide bonds. The van der Waals surface area contributed by atoms with Gasteiger partial charge in [-0.25, -0.2) is 4.98 Å². The summed E-state index contributed by atoms with van der Waals surface area (Å²) < 4.78 is 1.83. The van der Waals surface area contributed by atoms with Crippen LogP contribution in [0.5, 0.6) is 0 Å². The molecule has 12 heavy (non-hydrogen) atoms. The van der Waals surface area contributed by atoms with E-state index in [9.17, 15) is 4.79 Å². The van der Waals surface area contributed by atoms with Crippen LogP contribution in [-0.4, -0.2) is 20.6 Å². The van der Waals surface area contributed by atoms with E-state index in [4.69, 9.17) is 5.11 Å². The molecule has 0 bridgehead atoms. The highest BCUT2D eigenvalue weighted by Gasteiger charge is 2.11. The van der Waals surface area contributed by atoms with Crippen molar-refractivity contribution in [3.63, 3.8) is 0 Å². The van der Waals surface area contributed by atoms with Crippen LogP contribution in [0, 0.1) is 12.8 Å². The molecular weight excluding hydrogens is 156 g/mol. The van der Waals surface area contributed by atoms with Crippen molar-refractivity contribution >= 4 is 5.97 Å². The number of imidazole rings is 1. The maximum absolute atomic E-state index is 10.5. The van der Waals surface area contributed by atoms with Crippen molar-refractivity contribution in [3.8, 4) is 0 Å². The number of nitrogens with zero attached hydrogens (tertiary/aromatic N) is 2. The number of aryl methyl sites for hydroxylation is 1. The minimum absolute atomic E-state index is 0.363. The van der Waals surface area contributed by atoms with E-state index in [1.807, 2.05) is 11.5 Å². The zero-order chi connectivity index (χ0) is 9.14. The van der Waals surface area contributed by atoms with E-state index in [1.54, 1.807) is 19.3 Å². The smallest absolute Gasteiger partial charge is 0.308 e. The molecule has 4 heteroatoms. The van der Waals surface area contributed by atoms with Gasteiger partial charge in [0.15, 0.2) is 0 Å². The molecule has 1 heterocycles. The molecule has 66 valence electrons. The minimum Gasteiger partial charge on any atom is -0.481 e. The summed E-state index contributed by atoms with van der Waals surface area (Å²) in [6.45, 7) is 4.03. The van der Waals surface area contributed by atoms with Gasteiger partial charge >= 0.3 is 5.97 Å². The topological polar surface area (TPSA) is 55.1 Å². The van der Waals surface area contributed by atoms with Gasteiger partial charge in [0.05, 0.1) is 5.92 Å². The van der Waals surface area contributed by atoms with Gasteiger partial charge < -0.3 is 9.67 Å². The van der Waals surface area contributed by atoms with Crippen molar-refractivity contribution in [2.75, 3.05) is 0 Å². The van der Waals surface area contributed by atoms with E-state index in [0.717, 1.165) is 5.82 Å². The lowest BCUT2D eigenvalue weighted by atomic mass is 10.2. The summed E-state index contributed by atoms with van der Waals surface area (Å²) in [5.41, 5.74) is 0. The largest absolute Gasteiger partial charge is 0.481 e. The Balaban J connectivity index is 2.64. The first-order valence-corrected chi connectivity index (χ1v) is 3.82. The molecule has 0 fully saturated rings. The summed E-state index contributed by atoms with van der Waals surface area (Å²) in [6.07, 6.45) is 3.46. The lowest BCUT2D eigenvalue weighted by Crippen LogP contribution is -2.16. The number of carboxylic acids is 1. The standard InChI is InChI=1S/C8H12N2O2/c1-6(8(11)12)5-10-4-3-9-7(10)2/h3-4,6H,5H2,1-2H3,(H,11,12). The van der Waals surface area contributed by atoms with Crippen molar-refractivity contribution in [2.45, 2.75) is 20.4 Å². The lowest BCUT2D eigenvalue weighted by Gasteiger charge is -2.07. The van der Waals surface area contributed by atoms with Gasteiger partial charge in [0.1, 0.15) is 5.82 Å². The van der Waals surface area contributed by atoms with E-state index in [-0.39, 0.29) is 5.92 Å². The molecule has 1 N–H and O–H groups in total. The third-order valence-corrected chi connectivity index (χ3v) is 1.82. The molecule has 0 aliphatic heterocycles. The molecule has 0 saturated heterocycles. The van der Waals surface area contributed by atoms with E-state index in [2.05, 4.69) is 4.98 Å². The number of aromatic nitrogens is 2. The quantitative estimate of drug-likeness (QED) is 0.729. The first-order chi connectivity index (χ1) is 5.61. The van der Waals surface area contributed by atoms with E-state index in [1.165, 1.54) is 0 Å². The number of carbonyl (C=O) groups is 1. The predicted molar refractivity (Wildman–Crippen MR) is 43.8 cm³/mol. The molecule has 0 radical (unpaired) electrons. The Morgan fingerprint density at radius 2 is 2.50 bits per heavy atom. The summed E-state index contributed by atoms with van der Waals surface area (Å²) in [6, 6.07) is 0. The Hall–Kier alpha value is -1.32. The third kappa shape index (κ3) is 1.84. The van der Waals surface area contributed by atoms with E-state index < -0.39 is 5.97 Å². The molecule has 4 nitrogen and oxygen atoms in total. The summed E-state index contributed by atoms with van der Waals surface area (Å²) in [7, 11) is 0. The van der Waals surface area contributed by atoms with Gasteiger partial charge in [-0.3, -0.25) is 4.79 Å². The van der Waals surface area contributed by atoms with Crippen molar-refractivity contribution < 1.29 is 9.90 Å². The van der Waals surface area contributed by atoms with Crippen LogP contribution < -0.4 is 0 Å². The van der Waals surface area contributed by atoms with Crippen LogP contribution >= 0.6 is 0 Å². The van der Waals surface area contributed by atoms with Gasteiger partial charge in [-0.05, 0) is 6.92 Å². The molecule has 1 aromatic rings. The second-order valence-corrected chi connectivity index (χ2v) is 2.87. The Morgan fingerprint density at radius 1 is 1.83 bits per heavy atom.